The molecule has 16 nitrogen and oxygen atoms in total. The molecule has 1 aromatic rings. The monoisotopic (exact) mass is 766 g/mol. The molecule has 0 bridgehead atoms. The zero-order chi connectivity index (χ0) is 40.6. The molecule has 8 amide bonds. The van der Waals surface area contributed by atoms with Crippen LogP contribution in [0.4, 0.5) is 0 Å². The van der Waals surface area contributed by atoms with Gasteiger partial charge in [0.25, 0.3) is 0 Å². The summed E-state index contributed by atoms with van der Waals surface area (Å²) >= 11 is 0. The quantitative estimate of drug-likeness (QED) is 0.209. The number of nitrogens with one attached hydrogen (secondary N) is 5. The molecule has 302 valence electrons. The van der Waals surface area contributed by atoms with Crippen molar-refractivity contribution in [2.75, 3.05) is 13.1 Å². The first-order valence-electron chi connectivity index (χ1n) is 19.4. The van der Waals surface area contributed by atoms with E-state index in [0.717, 1.165) is 5.56 Å². The molecule has 3 saturated heterocycles. The third-order valence-corrected chi connectivity index (χ3v) is 10.4. The van der Waals surface area contributed by atoms with Gasteiger partial charge in [0.1, 0.15) is 42.3 Å². The van der Waals surface area contributed by atoms with E-state index in [9.17, 15) is 38.4 Å². The van der Waals surface area contributed by atoms with Crippen LogP contribution in [0.3, 0.4) is 0 Å². The van der Waals surface area contributed by atoms with Crippen LogP contribution >= 0.6 is 0 Å². The number of nitrogens with zero attached hydrogens (tertiary/aromatic N) is 2. The number of carbonyl (C=O) groups is 8. The zero-order valence-electron chi connectivity index (χ0n) is 32.8. The molecule has 3 aliphatic rings. The lowest BCUT2D eigenvalue weighted by Gasteiger charge is -2.32. The van der Waals surface area contributed by atoms with Gasteiger partial charge in [-0.15, -0.1) is 0 Å². The summed E-state index contributed by atoms with van der Waals surface area (Å²) in [5.41, 5.74) is 6.25. The number of rotatable bonds is 8. The van der Waals surface area contributed by atoms with Crippen LogP contribution in [0.15, 0.2) is 30.3 Å². The van der Waals surface area contributed by atoms with E-state index in [1.165, 1.54) is 9.80 Å². The Morgan fingerprint density at radius 3 is 1.58 bits per heavy atom. The molecule has 0 saturated carbocycles. The minimum atomic E-state index is -1.45. The molecule has 7 N–H and O–H groups in total. The van der Waals surface area contributed by atoms with Gasteiger partial charge in [0.2, 0.25) is 47.3 Å². The molecule has 4 rings (SSSR count). The SMILES string of the molecule is CC(C)C[C@@H]1NC(=O)[C@H](C(C)C)NC(=O)[C@H](Cc2ccccc2)NC(=O)[C@@H]2CCCN2C(=O)[C@H](CC(N)=O)NC(=O)[C@H](C(C)C)NC(=O)C2CCCN2C1=O. The Morgan fingerprint density at radius 2 is 1.09 bits per heavy atom. The number of hydrogen-bond donors (Lipinski definition) is 6. The van der Waals surface area contributed by atoms with Crippen molar-refractivity contribution in [1.29, 1.82) is 0 Å². The second-order valence-corrected chi connectivity index (χ2v) is 16.0. The first-order chi connectivity index (χ1) is 26.0. The van der Waals surface area contributed by atoms with Gasteiger partial charge in [-0.25, -0.2) is 0 Å². The van der Waals surface area contributed by atoms with Crippen molar-refractivity contribution in [3.63, 3.8) is 0 Å². The first-order valence-corrected chi connectivity index (χ1v) is 19.4. The van der Waals surface area contributed by atoms with E-state index in [4.69, 9.17) is 5.73 Å². The molecule has 0 aromatic heterocycles. The summed E-state index contributed by atoms with van der Waals surface area (Å²) in [6.07, 6.45) is 1.27. The summed E-state index contributed by atoms with van der Waals surface area (Å²) < 4.78 is 0. The lowest BCUT2D eigenvalue weighted by Crippen LogP contribution is -2.60. The standard InChI is InChI=1S/C39H58N8O8/c1-21(2)18-26-38(54)47-17-11-15-29(47)35(51)45-32(23(5)6)37(53)43-27(20-30(40)48)39(55)46-16-10-14-28(46)34(50)41-25(19-24-12-8-7-9-13-24)33(49)44-31(22(3)4)36(52)42-26/h7-9,12-13,21-23,25-29,31-32H,10-11,14-20H2,1-6H3,(H2,40,48)(H,41,50)(H,42,52)(H,43,53)(H,44,49)(H,45,51)/t25-,26-,27-,28-,29?,31-,32-/m0/s1. The summed E-state index contributed by atoms with van der Waals surface area (Å²) in [4.78, 5) is 113. The van der Waals surface area contributed by atoms with Gasteiger partial charge < -0.3 is 42.1 Å². The number of primary amides is 1. The Bertz CT molecular complexity index is 1600. The summed E-state index contributed by atoms with van der Waals surface area (Å²) in [7, 11) is 0. The Hall–Kier alpha value is -5.02. The molecular formula is C39H58N8O8. The number of amides is 8. The molecule has 55 heavy (non-hydrogen) atoms. The number of hydrogen-bond acceptors (Lipinski definition) is 8. The number of fused-ring (bicyclic) bond motifs is 2. The summed E-state index contributed by atoms with van der Waals surface area (Å²) in [5.74, 6) is -6.17. The van der Waals surface area contributed by atoms with E-state index in [0.29, 0.717) is 19.3 Å². The second-order valence-electron chi connectivity index (χ2n) is 16.0. The van der Waals surface area contributed by atoms with Crippen molar-refractivity contribution in [1.82, 2.24) is 36.4 Å². The first kappa shape index (κ1) is 42.7. The van der Waals surface area contributed by atoms with Gasteiger partial charge in [-0.3, -0.25) is 38.4 Å². The summed E-state index contributed by atoms with van der Waals surface area (Å²) in [6.45, 7) is 11.1. The number of carbonyl (C=O) groups excluding carboxylic acids is 8. The molecular weight excluding hydrogens is 708 g/mol. The minimum Gasteiger partial charge on any atom is -0.370 e. The van der Waals surface area contributed by atoms with E-state index in [1.54, 1.807) is 52.0 Å². The third-order valence-electron chi connectivity index (χ3n) is 10.4. The van der Waals surface area contributed by atoms with Crippen LogP contribution in [0, 0.1) is 17.8 Å². The van der Waals surface area contributed by atoms with E-state index in [-0.39, 0.29) is 38.3 Å². The average Bonchev–Trinajstić information content (AvgIpc) is 3.81. The van der Waals surface area contributed by atoms with Crippen LogP contribution in [0.25, 0.3) is 0 Å². The Labute approximate surface area is 322 Å². The van der Waals surface area contributed by atoms with Crippen molar-refractivity contribution in [2.24, 2.45) is 23.5 Å². The highest BCUT2D eigenvalue weighted by molar-refractivity contribution is 6.00. The van der Waals surface area contributed by atoms with Gasteiger partial charge in [0.15, 0.2) is 0 Å². The van der Waals surface area contributed by atoms with Crippen molar-refractivity contribution in [3.05, 3.63) is 35.9 Å². The molecule has 7 atom stereocenters. The van der Waals surface area contributed by atoms with Crippen molar-refractivity contribution in [3.8, 4) is 0 Å². The molecule has 0 aliphatic carbocycles. The largest absolute Gasteiger partial charge is 0.370 e. The van der Waals surface area contributed by atoms with E-state index < -0.39 is 108 Å². The number of nitrogens with two attached hydrogens (primary N) is 1. The fraction of sp³-hybridized carbons (Fsp3) is 0.641. The maximum absolute atomic E-state index is 14.2. The van der Waals surface area contributed by atoms with Crippen LogP contribution in [0.1, 0.15) is 85.6 Å². The summed E-state index contributed by atoms with van der Waals surface area (Å²) in [5, 5.41) is 13.8. The molecule has 3 heterocycles. The topological polar surface area (TPSA) is 229 Å². The van der Waals surface area contributed by atoms with Crippen LogP contribution in [-0.2, 0) is 44.8 Å². The third kappa shape index (κ3) is 11.0. The highest BCUT2D eigenvalue weighted by Crippen LogP contribution is 2.23. The maximum Gasteiger partial charge on any atom is 0.246 e. The van der Waals surface area contributed by atoms with Crippen LogP contribution < -0.4 is 32.3 Å². The van der Waals surface area contributed by atoms with E-state index in [2.05, 4.69) is 26.6 Å². The number of benzene rings is 1. The zero-order valence-corrected chi connectivity index (χ0v) is 32.8. The smallest absolute Gasteiger partial charge is 0.246 e. The molecule has 16 heteroatoms. The minimum absolute atomic E-state index is 0.0311. The van der Waals surface area contributed by atoms with Gasteiger partial charge in [0, 0.05) is 19.5 Å². The molecule has 1 aromatic carbocycles. The van der Waals surface area contributed by atoms with Crippen LogP contribution in [-0.4, -0.2) is 112 Å². The summed E-state index contributed by atoms with van der Waals surface area (Å²) in [6, 6.07) is 1.13. The van der Waals surface area contributed by atoms with Gasteiger partial charge in [0.05, 0.1) is 6.42 Å². The van der Waals surface area contributed by atoms with Crippen molar-refractivity contribution < 1.29 is 38.4 Å². The molecule has 3 aliphatic heterocycles. The predicted octanol–water partition coefficient (Wildman–Crippen LogP) is -0.118. The van der Waals surface area contributed by atoms with Gasteiger partial charge >= 0.3 is 0 Å². The molecule has 3 fully saturated rings. The highest BCUT2D eigenvalue weighted by Gasteiger charge is 2.43. The fourth-order valence-corrected chi connectivity index (χ4v) is 7.52. The van der Waals surface area contributed by atoms with E-state index >= 15 is 0 Å². The van der Waals surface area contributed by atoms with E-state index in [1.807, 2.05) is 19.9 Å². The lowest BCUT2D eigenvalue weighted by molar-refractivity contribution is -0.144. The fourth-order valence-electron chi connectivity index (χ4n) is 7.52. The van der Waals surface area contributed by atoms with Crippen LogP contribution in [0.5, 0.6) is 0 Å². The molecule has 0 spiro atoms. The van der Waals surface area contributed by atoms with Crippen molar-refractivity contribution >= 4 is 47.3 Å². The van der Waals surface area contributed by atoms with Gasteiger partial charge in [-0.2, -0.15) is 0 Å². The van der Waals surface area contributed by atoms with Crippen molar-refractivity contribution in [2.45, 2.75) is 129 Å². The lowest BCUT2D eigenvalue weighted by atomic mass is 9.98. The Balaban J connectivity index is 1.78. The van der Waals surface area contributed by atoms with Gasteiger partial charge in [-0.1, -0.05) is 71.9 Å². The normalized spacial score (nSPS) is 27.9. The maximum atomic E-state index is 14.2. The molecule has 0 radical (unpaired) electrons. The average molecular weight is 767 g/mol. The van der Waals surface area contributed by atoms with Gasteiger partial charge in [-0.05, 0) is 55.4 Å². The Kier molecular flexibility index (Phi) is 14.8. The second kappa shape index (κ2) is 19.0. The van der Waals surface area contributed by atoms with Crippen LogP contribution in [0.2, 0.25) is 0 Å². The molecule has 1 unspecified atom stereocenters. The highest BCUT2D eigenvalue weighted by atomic mass is 16.2. The predicted molar refractivity (Wildman–Crippen MR) is 202 cm³/mol. The Morgan fingerprint density at radius 1 is 0.636 bits per heavy atom.